The molecule has 0 aliphatic rings. The second-order valence-corrected chi connectivity index (χ2v) is 5.16. The number of ether oxygens (including phenoxy) is 1. The van der Waals surface area contributed by atoms with Crippen molar-refractivity contribution in [2.75, 3.05) is 13.7 Å². The zero-order valence-corrected chi connectivity index (χ0v) is 12.9. The maximum absolute atomic E-state index is 12.0. The Morgan fingerprint density at radius 3 is 2.43 bits per heavy atom. The molecule has 0 saturated heterocycles. The molecule has 4 heteroatoms. The predicted molar refractivity (Wildman–Crippen MR) is 83.0 cm³/mol. The van der Waals surface area contributed by atoms with E-state index in [4.69, 9.17) is 0 Å². The van der Waals surface area contributed by atoms with Gasteiger partial charge in [-0.25, -0.2) is 0 Å². The summed E-state index contributed by atoms with van der Waals surface area (Å²) in [5, 5.41) is 2.96. The fourth-order valence-corrected chi connectivity index (χ4v) is 2.11. The van der Waals surface area contributed by atoms with Crippen molar-refractivity contribution in [3.8, 4) is 0 Å². The molecule has 0 aliphatic heterocycles. The molecule has 1 aromatic carbocycles. The Morgan fingerprint density at radius 1 is 1.10 bits per heavy atom. The van der Waals surface area contributed by atoms with Gasteiger partial charge >= 0.3 is 5.97 Å². The van der Waals surface area contributed by atoms with E-state index in [1.165, 1.54) is 7.11 Å². The second-order valence-electron chi connectivity index (χ2n) is 5.16. The van der Waals surface area contributed by atoms with Gasteiger partial charge in [0.1, 0.15) is 0 Å². The Kier molecular flexibility index (Phi) is 8.17. The minimum atomic E-state index is -0.153. The third-order valence-corrected chi connectivity index (χ3v) is 3.53. The van der Waals surface area contributed by atoms with E-state index in [2.05, 4.69) is 10.1 Å². The van der Waals surface area contributed by atoms with Crippen LogP contribution in [0.5, 0.6) is 0 Å². The van der Waals surface area contributed by atoms with Gasteiger partial charge in [-0.05, 0) is 25.3 Å². The fourth-order valence-electron chi connectivity index (χ4n) is 2.11. The lowest BCUT2D eigenvalue weighted by Gasteiger charge is -2.12. The second kappa shape index (κ2) is 9.97. The van der Waals surface area contributed by atoms with Crippen LogP contribution in [0.2, 0.25) is 0 Å². The molecule has 0 radical (unpaired) electrons. The number of hydrogen-bond donors (Lipinski definition) is 1. The molecule has 4 nitrogen and oxygen atoms in total. The molecule has 0 spiro atoms. The molecule has 116 valence electrons. The van der Waals surface area contributed by atoms with Crippen LogP contribution in [0.4, 0.5) is 0 Å². The van der Waals surface area contributed by atoms with Gasteiger partial charge in [-0.15, -0.1) is 0 Å². The molecule has 0 aromatic heterocycles. The van der Waals surface area contributed by atoms with Gasteiger partial charge in [-0.3, -0.25) is 9.59 Å². The summed E-state index contributed by atoms with van der Waals surface area (Å²) in [4.78, 5) is 22.9. The number of carbonyl (C=O) groups is 2. The maximum Gasteiger partial charge on any atom is 0.305 e. The highest BCUT2D eigenvalue weighted by molar-refractivity contribution is 5.83. The Hall–Kier alpha value is -1.84. The summed E-state index contributed by atoms with van der Waals surface area (Å²) in [5.41, 5.74) is 1.04. The first kappa shape index (κ1) is 17.2. The highest BCUT2D eigenvalue weighted by Crippen LogP contribution is 2.14. The number of hydrogen-bond acceptors (Lipinski definition) is 3. The lowest BCUT2D eigenvalue weighted by molar-refractivity contribution is -0.140. The summed E-state index contributed by atoms with van der Waals surface area (Å²) in [6.07, 6.45) is 4.26. The van der Waals surface area contributed by atoms with Crippen molar-refractivity contribution in [2.45, 2.75) is 44.9 Å². The summed E-state index contributed by atoms with van der Waals surface area (Å²) < 4.78 is 4.58. The largest absolute Gasteiger partial charge is 0.469 e. The molecule has 0 bridgehead atoms. The van der Waals surface area contributed by atoms with Crippen LogP contribution in [0.25, 0.3) is 0 Å². The first-order valence-electron chi connectivity index (χ1n) is 7.54. The van der Waals surface area contributed by atoms with Gasteiger partial charge in [-0.1, -0.05) is 43.2 Å². The molecule has 1 amide bonds. The van der Waals surface area contributed by atoms with E-state index in [1.54, 1.807) is 0 Å². The number of unbranched alkanes of at least 4 members (excludes halogenated alkanes) is 3. The van der Waals surface area contributed by atoms with Crippen LogP contribution >= 0.6 is 0 Å². The van der Waals surface area contributed by atoms with Gasteiger partial charge < -0.3 is 10.1 Å². The Balaban J connectivity index is 2.10. The molecule has 1 atom stereocenters. The zero-order valence-electron chi connectivity index (χ0n) is 12.9. The van der Waals surface area contributed by atoms with Gasteiger partial charge in [0.2, 0.25) is 5.91 Å². The highest BCUT2D eigenvalue weighted by atomic mass is 16.5. The molecule has 0 aliphatic carbocycles. The van der Waals surface area contributed by atoms with E-state index < -0.39 is 0 Å². The van der Waals surface area contributed by atoms with Crippen molar-refractivity contribution >= 4 is 11.9 Å². The van der Waals surface area contributed by atoms with E-state index in [1.807, 2.05) is 37.3 Å². The Morgan fingerprint density at radius 2 is 1.76 bits per heavy atom. The Bertz CT molecular complexity index is 431. The molecule has 1 rings (SSSR count). The lowest BCUT2D eigenvalue weighted by atomic mass is 10.0. The molecule has 1 aromatic rings. The van der Waals surface area contributed by atoms with Gasteiger partial charge in [0.25, 0.3) is 0 Å². The summed E-state index contributed by atoms with van der Waals surface area (Å²) in [7, 11) is 1.41. The average molecular weight is 291 g/mol. The summed E-state index contributed by atoms with van der Waals surface area (Å²) >= 11 is 0. The molecule has 0 saturated carbocycles. The summed E-state index contributed by atoms with van der Waals surface area (Å²) in [6.45, 7) is 2.61. The lowest BCUT2D eigenvalue weighted by Crippen LogP contribution is -2.28. The molecule has 0 unspecified atom stereocenters. The quantitative estimate of drug-likeness (QED) is 0.562. The van der Waals surface area contributed by atoms with Crippen molar-refractivity contribution in [1.82, 2.24) is 5.32 Å². The third kappa shape index (κ3) is 6.93. The standard InChI is InChI=1S/C17H25NO3/c1-14(15-10-6-5-7-11-15)17(20)18-13-9-4-3-8-12-16(19)21-2/h5-7,10-11,14H,3-4,8-9,12-13H2,1-2H3,(H,18,20)/t14-/m1/s1. The maximum atomic E-state index is 12.0. The monoisotopic (exact) mass is 291 g/mol. The zero-order chi connectivity index (χ0) is 15.5. The van der Waals surface area contributed by atoms with Crippen molar-refractivity contribution in [1.29, 1.82) is 0 Å². The van der Waals surface area contributed by atoms with Gasteiger partial charge in [0.05, 0.1) is 13.0 Å². The van der Waals surface area contributed by atoms with Gasteiger partial charge in [0, 0.05) is 13.0 Å². The number of methoxy groups -OCH3 is 1. The van der Waals surface area contributed by atoms with Crippen LogP contribution in [-0.4, -0.2) is 25.5 Å². The highest BCUT2D eigenvalue weighted by Gasteiger charge is 2.13. The number of benzene rings is 1. The first-order valence-corrected chi connectivity index (χ1v) is 7.54. The van der Waals surface area contributed by atoms with Gasteiger partial charge in [0.15, 0.2) is 0 Å². The van der Waals surface area contributed by atoms with E-state index in [0.717, 1.165) is 31.2 Å². The molecule has 0 heterocycles. The summed E-state index contributed by atoms with van der Waals surface area (Å²) in [6, 6.07) is 9.78. The molecular weight excluding hydrogens is 266 g/mol. The van der Waals surface area contributed by atoms with Crippen LogP contribution in [0.1, 0.15) is 50.5 Å². The minimum absolute atomic E-state index is 0.0655. The van der Waals surface area contributed by atoms with Crippen LogP contribution < -0.4 is 5.32 Å². The van der Waals surface area contributed by atoms with Crippen LogP contribution in [0, 0.1) is 0 Å². The number of amides is 1. The van der Waals surface area contributed by atoms with Crippen LogP contribution in [0.15, 0.2) is 30.3 Å². The SMILES string of the molecule is COC(=O)CCCCCCNC(=O)[C@H](C)c1ccccc1. The Labute approximate surface area is 126 Å². The minimum Gasteiger partial charge on any atom is -0.469 e. The molecular formula is C17H25NO3. The number of rotatable bonds is 9. The van der Waals surface area contributed by atoms with E-state index in [-0.39, 0.29) is 17.8 Å². The van der Waals surface area contributed by atoms with E-state index in [9.17, 15) is 9.59 Å². The van der Waals surface area contributed by atoms with Crippen molar-refractivity contribution < 1.29 is 14.3 Å². The van der Waals surface area contributed by atoms with Crippen molar-refractivity contribution in [3.05, 3.63) is 35.9 Å². The summed E-state index contributed by atoms with van der Waals surface area (Å²) in [5.74, 6) is -0.207. The van der Waals surface area contributed by atoms with E-state index in [0.29, 0.717) is 13.0 Å². The smallest absolute Gasteiger partial charge is 0.305 e. The molecule has 1 N–H and O–H groups in total. The number of carbonyl (C=O) groups excluding carboxylic acids is 2. The normalized spacial score (nSPS) is 11.7. The first-order chi connectivity index (χ1) is 10.1. The van der Waals surface area contributed by atoms with E-state index >= 15 is 0 Å². The molecule has 21 heavy (non-hydrogen) atoms. The van der Waals surface area contributed by atoms with Crippen LogP contribution in [-0.2, 0) is 14.3 Å². The topological polar surface area (TPSA) is 55.4 Å². The predicted octanol–water partition coefficient (Wildman–Crippen LogP) is 3.03. The number of esters is 1. The third-order valence-electron chi connectivity index (χ3n) is 3.53. The average Bonchev–Trinajstić information content (AvgIpc) is 2.53. The van der Waals surface area contributed by atoms with Gasteiger partial charge in [-0.2, -0.15) is 0 Å². The van der Waals surface area contributed by atoms with Crippen molar-refractivity contribution in [3.63, 3.8) is 0 Å². The fraction of sp³-hybridized carbons (Fsp3) is 0.529. The number of nitrogens with one attached hydrogen (secondary N) is 1. The van der Waals surface area contributed by atoms with Crippen molar-refractivity contribution in [2.24, 2.45) is 0 Å². The molecule has 0 fully saturated rings. The van der Waals surface area contributed by atoms with Crippen LogP contribution in [0.3, 0.4) is 0 Å².